The van der Waals surface area contributed by atoms with E-state index in [1.165, 1.54) is 0 Å². The molecule has 9 heteroatoms. The Labute approximate surface area is 167 Å². The van der Waals surface area contributed by atoms with Crippen LogP contribution in [-0.2, 0) is 0 Å². The zero-order valence-electron chi connectivity index (χ0n) is 16.3. The van der Waals surface area contributed by atoms with Crippen molar-refractivity contribution in [1.82, 2.24) is 35.4 Å². The van der Waals surface area contributed by atoms with Crippen molar-refractivity contribution in [2.45, 2.75) is 31.7 Å². The molecule has 0 radical (unpaired) electrons. The van der Waals surface area contributed by atoms with E-state index in [2.05, 4.69) is 25.8 Å². The molecular weight excluding hydrogens is 370 g/mol. The predicted octanol–water partition coefficient (Wildman–Crippen LogP) is 1.77. The average Bonchev–Trinajstić information content (AvgIpc) is 3.39. The maximum atomic E-state index is 13.0. The van der Waals surface area contributed by atoms with Crippen LogP contribution in [-0.4, -0.2) is 62.0 Å². The number of nitrogens with one attached hydrogen (secondary N) is 2. The summed E-state index contributed by atoms with van der Waals surface area (Å²) in [6.07, 6.45) is 5.70. The molecule has 1 aliphatic carbocycles. The third-order valence-corrected chi connectivity index (χ3v) is 6.63. The highest BCUT2D eigenvalue weighted by Gasteiger charge is 2.50. The van der Waals surface area contributed by atoms with Crippen LogP contribution >= 0.6 is 0 Å². The van der Waals surface area contributed by atoms with Gasteiger partial charge in [-0.05, 0) is 37.2 Å². The number of hydrogen-bond donors (Lipinski definition) is 2. The highest BCUT2D eigenvalue weighted by molar-refractivity contribution is 6.04. The standard InChI is InChI=1S/C20H23N7O2/c1-21-18(28)15-12-27(25-23-15)16-6-7-20(16)8-10-26(11-9-20)19(29)17-13-4-2-3-5-14(13)22-24-17/h2-5,12,16H,6-11H2,1H3,(H,21,28)(H,22,24). The summed E-state index contributed by atoms with van der Waals surface area (Å²) in [4.78, 5) is 26.7. The van der Waals surface area contributed by atoms with Crippen molar-refractivity contribution >= 4 is 22.7 Å². The number of carbonyl (C=O) groups excluding carboxylic acids is 2. The van der Waals surface area contributed by atoms with E-state index < -0.39 is 0 Å². The molecule has 1 unspecified atom stereocenters. The van der Waals surface area contributed by atoms with Crippen molar-refractivity contribution in [3.8, 4) is 0 Å². The Balaban J connectivity index is 1.29. The Kier molecular flexibility index (Phi) is 4.11. The third-order valence-electron chi connectivity index (χ3n) is 6.63. The van der Waals surface area contributed by atoms with Crippen LogP contribution in [0.25, 0.3) is 10.9 Å². The molecule has 1 aliphatic heterocycles. The van der Waals surface area contributed by atoms with Crippen molar-refractivity contribution in [3.63, 3.8) is 0 Å². The molecule has 2 fully saturated rings. The number of aromatic amines is 1. The Morgan fingerprint density at radius 2 is 2.00 bits per heavy atom. The lowest BCUT2D eigenvalue weighted by atomic mass is 9.59. The minimum Gasteiger partial charge on any atom is -0.354 e. The second-order valence-electron chi connectivity index (χ2n) is 7.99. The lowest BCUT2D eigenvalue weighted by Crippen LogP contribution is -2.51. The molecule has 2 aromatic heterocycles. The molecular formula is C20H23N7O2. The number of H-pyrrole nitrogens is 1. The van der Waals surface area contributed by atoms with E-state index in [4.69, 9.17) is 0 Å². The SMILES string of the molecule is CNC(=O)c1cn(C2CCC23CCN(C(=O)c2n[nH]c4ccccc24)CC3)nn1. The first kappa shape index (κ1) is 17.8. The highest BCUT2D eigenvalue weighted by Crippen LogP contribution is 2.56. The van der Waals surface area contributed by atoms with Crippen LogP contribution < -0.4 is 5.32 Å². The van der Waals surface area contributed by atoms with Gasteiger partial charge in [0.15, 0.2) is 11.4 Å². The van der Waals surface area contributed by atoms with E-state index >= 15 is 0 Å². The molecule has 2 aliphatic rings. The van der Waals surface area contributed by atoms with E-state index in [1.807, 2.05) is 33.8 Å². The van der Waals surface area contributed by atoms with Crippen LogP contribution in [0.15, 0.2) is 30.5 Å². The van der Waals surface area contributed by atoms with Crippen molar-refractivity contribution in [1.29, 1.82) is 0 Å². The lowest BCUT2D eigenvalue weighted by molar-refractivity contribution is -0.0269. The number of amides is 2. The quantitative estimate of drug-likeness (QED) is 0.705. The summed E-state index contributed by atoms with van der Waals surface area (Å²) < 4.78 is 1.84. The number of piperidine rings is 1. The highest BCUT2D eigenvalue weighted by atomic mass is 16.2. The molecule has 1 atom stereocenters. The molecule has 1 saturated heterocycles. The maximum Gasteiger partial charge on any atom is 0.274 e. The van der Waals surface area contributed by atoms with Gasteiger partial charge in [-0.3, -0.25) is 14.7 Å². The molecule has 1 aromatic carbocycles. The van der Waals surface area contributed by atoms with Crippen LogP contribution in [0.5, 0.6) is 0 Å². The first-order valence-electron chi connectivity index (χ1n) is 9.98. The van der Waals surface area contributed by atoms with E-state index in [0.717, 1.165) is 36.6 Å². The number of carbonyl (C=O) groups is 2. The normalized spacial score (nSPS) is 20.6. The fourth-order valence-electron chi connectivity index (χ4n) is 4.77. The Morgan fingerprint density at radius 1 is 1.21 bits per heavy atom. The summed E-state index contributed by atoms with van der Waals surface area (Å²) in [5, 5.41) is 18.8. The van der Waals surface area contributed by atoms with E-state index in [9.17, 15) is 9.59 Å². The molecule has 2 amide bonds. The first-order chi connectivity index (χ1) is 14.1. The van der Waals surface area contributed by atoms with Gasteiger partial charge in [-0.1, -0.05) is 23.4 Å². The van der Waals surface area contributed by atoms with Gasteiger partial charge >= 0.3 is 0 Å². The van der Waals surface area contributed by atoms with Crippen molar-refractivity contribution in [2.75, 3.05) is 20.1 Å². The molecule has 3 heterocycles. The Hall–Kier alpha value is -3.23. The number of benzene rings is 1. The van der Waals surface area contributed by atoms with Gasteiger partial charge in [0, 0.05) is 25.5 Å². The molecule has 29 heavy (non-hydrogen) atoms. The second-order valence-corrected chi connectivity index (χ2v) is 7.99. The smallest absolute Gasteiger partial charge is 0.274 e. The van der Waals surface area contributed by atoms with Gasteiger partial charge in [0.05, 0.1) is 17.8 Å². The number of hydrogen-bond acceptors (Lipinski definition) is 5. The summed E-state index contributed by atoms with van der Waals surface area (Å²) >= 11 is 0. The third kappa shape index (κ3) is 2.80. The monoisotopic (exact) mass is 393 g/mol. The topological polar surface area (TPSA) is 109 Å². The number of nitrogens with zero attached hydrogens (tertiary/aromatic N) is 5. The van der Waals surface area contributed by atoms with E-state index in [-0.39, 0.29) is 23.3 Å². The summed E-state index contributed by atoms with van der Waals surface area (Å²) in [6, 6.07) is 7.93. The summed E-state index contributed by atoms with van der Waals surface area (Å²) in [6.45, 7) is 1.40. The molecule has 1 saturated carbocycles. The molecule has 9 nitrogen and oxygen atoms in total. The molecule has 150 valence electrons. The minimum atomic E-state index is -0.226. The molecule has 3 aromatic rings. The van der Waals surface area contributed by atoms with Gasteiger partial charge in [0.2, 0.25) is 0 Å². The molecule has 5 rings (SSSR count). The number of likely N-dealkylation sites (tertiary alicyclic amines) is 1. The van der Waals surface area contributed by atoms with Gasteiger partial charge < -0.3 is 10.2 Å². The summed E-state index contributed by atoms with van der Waals surface area (Å²) in [5.74, 6) is -0.243. The predicted molar refractivity (Wildman–Crippen MR) is 105 cm³/mol. The van der Waals surface area contributed by atoms with Crippen LogP contribution in [0.2, 0.25) is 0 Å². The number of aromatic nitrogens is 5. The average molecular weight is 393 g/mol. The van der Waals surface area contributed by atoms with Crippen molar-refractivity contribution in [3.05, 3.63) is 41.9 Å². The van der Waals surface area contributed by atoms with Crippen LogP contribution in [0.3, 0.4) is 0 Å². The van der Waals surface area contributed by atoms with Crippen LogP contribution in [0.1, 0.15) is 52.7 Å². The van der Waals surface area contributed by atoms with Crippen LogP contribution in [0, 0.1) is 5.41 Å². The molecule has 0 bridgehead atoms. The van der Waals surface area contributed by atoms with Gasteiger partial charge in [-0.25, -0.2) is 4.68 Å². The van der Waals surface area contributed by atoms with E-state index in [1.54, 1.807) is 13.2 Å². The Morgan fingerprint density at radius 3 is 2.72 bits per heavy atom. The second kappa shape index (κ2) is 6.68. The maximum absolute atomic E-state index is 13.0. The lowest BCUT2D eigenvalue weighted by Gasteiger charge is -2.53. The van der Waals surface area contributed by atoms with Crippen molar-refractivity contribution < 1.29 is 9.59 Å². The fourth-order valence-corrected chi connectivity index (χ4v) is 4.77. The zero-order valence-corrected chi connectivity index (χ0v) is 16.3. The van der Waals surface area contributed by atoms with E-state index in [0.29, 0.717) is 24.5 Å². The Bertz CT molecular complexity index is 1080. The first-order valence-corrected chi connectivity index (χ1v) is 9.98. The minimum absolute atomic E-state index is 0.0177. The molecule has 2 N–H and O–H groups in total. The zero-order chi connectivity index (χ0) is 20.0. The van der Waals surface area contributed by atoms with Gasteiger partial charge in [0.25, 0.3) is 11.8 Å². The largest absolute Gasteiger partial charge is 0.354 e. The van der Waals surface area contributed by atoms with Crippen LogP contribution in [0.4, 0.5) is 0 Å². The fraction of sp³-hybridized carbons (Fsp3) is 0.450. The number of para-hydroxylation sites is 1. The summed E-state index contributed by atoms with van der Waals surface area (Å²) in [7, 11) is 1.58. The van der Waals surface area contributed by atoms with Gasteiger partial charge in [-0.2, -0.15) is 5.10 Å². The number of rotatable bonds is 3. The number of fused-ring (bicyclic) bond motifs is 1. The molecule has 1 spiro atoms. The van der Waals surface area contributed by atoms with Gasteiger partial charge in [0.1, 0.15) is 0 Å². The summed E-state index contributed by atoms with van der Waals surface area (Å²) in [5.41, 5.74) is 1.83. The van der Waals surface area contributed by atoms with Crippen molar-refractivity contribution in [2.24, 2.45) is 5.41 Å². The van der Waals surface area contributed by atoms with Gasteiger partial charge in [-0.15, -0.1) is 5.10 Å².